The standard InChI is InChI=1S/C16H19N3/c1-3-18-10(2)12-7-13(12)15-9-19-16-5-4-11(8-17)6-14(15)16/h4-6,9-10,12-13,18-19H,3,7H2,1-2H3. The van der Waals surface area contributed by atoms with Crippen molar-refractivity contribution in [2.75, 3.05) is 6.54 Å². The van der Waals surface area contributed by atoms with E-state index in [4.69, 9.17) is 5.26 Å². The number of aromatic nitrogens is 1. The molecule has 1 aromatic carbocycles. The molecule has 1 aromatic heterocycles. The minimum Gasteiger partial charge on any atom is -0.361 e. The first-order chi connectivity index (χ1) is 9.24. The molecule has 3 atom stereocenters. The molecular formula is C16H19N3. The Bertz CT molecular complexity index is 635. The molecule has 3 unspecified atom stereocenters. The summed E-state index contributed by atoms with van der Waals surface area (Å²) in [6.45, 7) is 5.44. The van der Waals surface area contributed by atoms with E-state index in [1.54, 1.807) is 0 Å². The lowest BCUT2D eigenvalue weighted by Crippen LogP contribution is -2.27. The van der Waals surface area contributed by atoms with Gasteiger partial charge in [-0.15, -0.1) is 0 Å². The summed E-state index contributed by atoms with van der Waals surface area (Å²) in [5, 5.41) is 13.7. The Morgan fingerprint density at radius 3 is 3.11 bits per heavy atom. The van der Waals surface area contributed by atoms with Gasteiger partial charge in [0.25, 0.3) is 0 Å². The molecule has 3 heteroatoms. The molecule has 0 saturated heterocycles. The molecule has 2 N–H and O–H groups in total. The Labute approximate surface area is 113 Å². The van der Waals surface area contributed by atoms with Gasteiger partial charge in [0.2, 0.25) is 0 Å². The van der Waals surface area contributed by atoms with Crippen LogP contribution in [0.1, 0.15) is 37.3 Å². The van der Waals surface area contributed by atoms with Gasteiger partial charge in [0, 0.05) is 23.1 Å². The van der Waals surface area contributed by atoms with Gasteiger partial charge in [0.15, 0.2) is 0 Å². The number of hydrogen-bond acceptors (Lipinski definition) is 2. The number of nitrogens with zero attached hydrogens (tertiary/aromatic N) is 1. The first-order valence-electron chi connectivity index (χ1n) is 6.99. The smallest absolute Gasteiger partial charge is 0.0991 e. The third kappa shape index (κ3) is 2.13. The van der Waals surface area contributed by atoms with E-state index in [1.807, 2.05) is 18.2 Å². The fourth-order valence-electron chi connectivity index (χ4n) is 3.12. The van der Waals surface area contributed by atoms with Crippen molar-refractivity contribution in [2.24, 2.45) is 5.92 Å². The van der Waals surface area contributed by atoms with Crippen molar-refractivity contribution in [1.82, 2.24) is 10.3 Å². The predicted octanol–water partition coefficient (Wildman–Crippen LogP) is 3.14. The van der Waals surface area contributed by atoms with Crippen LogP contribution < -0.4 is 5.32 Å². The van der Waals surface area contributed by atoms with Crippen molar-refractivity contribution in [3.63, 3.8) is 0 Å². The fraction of sp³-hybridized carbons (Fsp3) is 0.438. The largest absolute Gasteiger partial charge is 0.361 e. The quantitative estimate of drug-likeness (QED) is 0.879. The lowest BCUT2D eigenvalue weighted by molar-refractivity contribution is 0.503. The van der Waals surface area contributed by atoms with Crippen LogP contribution in [0.5, 0.6) is 0 Å². The fourth-order valence-corrected chi connectivity index (χ4v) is 3.12. The minimum atomic E-state index is 0.569. The van der Waals surface area contributed by atoms with Gasteiger partial charge in [-0.05, 0) is 55.5 Å². The van der Waals surface area contributed by atoms with Gasteiger partial charge >= 0.3 is 0 Å². The van der Waals surface area contributed by atoms with Gasteiger partial charge in [-0.25, -0.2) is 0 Å². The highest BCUT2D eigenvalue weighted by atomic mass is 14.9. The number of H-pyrrole nitrogens is 1. The maximum absolute atomic E-state index is 9.02. The van der Waals surface area contributed by atoms with Crippen molar-refractivity contribution in [3.8, 4) is 6.07 Å². The molecule has 98 valence electrons. The Morgan fingerprint density at radius 1 is 1.53 bits per heavy atom. The highest BCUT2D eigenvalue weighted by molar-refractivity contribution is 5.85. The third-order valence-electron chi connectivity index (χ3n) is 4.25. The Morgan fingerprint density at radius 2 is 2.37 bits per heavy atom. The maximum atomic E-state index is 9.02. The number of nitrogens with one attached hydrogen (secondary N) is 2. The molecule has 0 bridgehead atoms. The number of hydrogen-bond donors (Lipinski definition) is 2. The van der Waals surface area contributed by atoms with Crippen molar-refractivity contribution in [3.05, 3.63) is 35.5 Å². The van der Waals surface area contributed by atoms with Crippen molar-refractivity contribution in [1.29, 1.82) is 5.26 Å². The number of aromatic amines is 1. The second kappa shape index (κ2) is 4.71. The number of benzene rings is 1. The zero-order chi connectivity index (χ0) is 13.4. The van der Waals surface area contributed by atoms with Crippen LogP contribution in [-0.4, -0.2) is 17.6 Å². The molecule has 1 heterocycles. The Kier molecular flexibility index (Phi) is 3.04. The molecule has 0 amide bonds. The lowest BCUT2D eigenvalue weighted by Gasteiger charge is -2.11. The molecule has 3 nitrogen and oxygen atoms in total. The molecule has 1 fully saturated rings. The van der Waals surface area contributed by atoms with Gasteiger partial charge < -0.3 is 10.3 Å². The van der Waals surface area contributed by atoms with E-state index in [2.05, 4.69) is 36.4 Å². The zero-order valence-corrected chi connectivity index (χ0v) is 11.4. The van der Waals surface area contributed by atoms with Crippen LogP contribution in [0, 0.1) is 17.2 Å². The molecule has 3 rings (SSSR count). The SMILES string of the molecule is CCNC(C)C1CC1c1c[nH]c2ccc(C#N)cc12. The summed E-state index contributed by atoms with van der Waals surface area (Å²) >= 11 is 0. The summed E-state index contributed by atoms with van der Waals surface area (Å²) in [5.41, 5.74) is 3.25. The maximum Gasteiger partial charge on any atom is 0.0991 e. The second-order valence-corrected chi connectivity index (χ2v) is 5.47. The van der Waals surface area contributed by atoms with Crippen LogP contribution in [0.15, 0.2) is 24.4 Å². The van der Waals surface area contributed by atoms with Crippen LogP contribution in [0.25, 0.3) is 10.9 Å². The minimum absolute atomic E-state index is 0.569. The summed E-state index contributed by atoms with van der Waals surface area (Å²) in [7, 11) is 0. The van der Waals surface area contributed by atoms with E-state index in [0.717, 1.165) is 23.5 Å². The van der Waals surface area contributed by atoms with E-state index < -0.39 is 0 Å². The molecular weight excluding hydrogens is 234 g/mol. The van der Waals surface area contributed by atoms with Crippen molar-refractivity contribution >= 4 is 10.9 Å². The van der Waals surface area contributed by atoms with Crippen LogP contribution in [0.4, 0.5) is 0 Å². The van der Waals surface area contributed by atoms with E-state index >= 15 is 0 Å². The van der Waals surface area contributed by atoms with Gasteiger partial charge in [0.05, 0.1) is 11.6 Å². The van der Waals surface area contributed by atoms with Crippen molar-refractivity contribution in [2.45, 2.75) is 32.2 Å². The highest BCUT2D eigenvalue weighted by Crippen LogP contribution is 2.51. The van der Waals surface area contributed by atoms with Crippen LogP contribution >= 0.6 is 0 Å². The first kappa shape index (κ1) is 12.3. The van der Waals surface area contributed by atoms with E-state index in [9.17, 15) is 0 Å². The molecule has 2 aromatic rings. The third-order valence-corrected chi connectivity index (χ3v) is 4.25. The van der Waals surface area contributed by atoms with E-state index in [1.165, 1.54) is 17.4 Å². The molecule has 1 aliphatic carbocycles. The van der Waals surface area contributed by atoms with Crippen molar-refractivity contribution < 1.29 is 0 Å². The summed E-state index contributed by atoms with van der Waals surface area (Å²) < 4.78 is 0. The second-order valence-electron chi connectivity index (χ2n) is 5.47. The summed E-state index contributed by atoms with van der Waals surface area (Å²) in [4.78, 5) is 3.32. The van der Waals surface area contributed by atoms with Crippen LogP contribution in [0.3, 0.4) is 0 Å². The Hall–Kier alpha value is -1.79. The molecule has 1 aliphatic rings. The molecule has 1 saturated carbocycles. The lowest BCUT2D eigenvalue weighted by atomic mass is 10.0. The monoisotopic (exact) mass is 253 g/mol. The normalized spacial score (nSPS) is 23.2. The van der Waals surface area contributed by atoms with Gasteiger partial charge in [-0.2, -0.15) is 5.26 Å². The van der Waals surface area contributed by atoms with E-state index in [-0.39, 0.29) is 0 Å². The first-order valence-corrected chi connectivity index (χ1v) is 6.99. The predicted molar refractivity (Wildman–Crippen MR) is 77.0 cm³/mol. The van der Waals surface area contributed by atoms with Crippen LogP contribution in [-0.2, 0) is 0 Å². The highest BCUT2D eigenvalue weighted by Gasteiger charge is 2.42. The number of nitriles is 1. The Balaban J connectivity index is 1.89. The van der Waals surface area contributed by atoms with E-state index in [0.29, 0.717) is 12.0 Å². The van der Waals surface area contributed by atoms with Gasteiger partial charge in [-0.1, -0.05) is 6.92 Å². The van der Waals surface area contributed by atoms with Gasteiger partial charge in [0.1, 0.15) is 0 Å². The topological polar surface area (TPSA) is 51.6 Å². The number of rotatable bonds is 4. The molecule has 19 heavy (non-hydrogen) atoms. The molecule has 0 spiro atoms. The zero-order valence-electron chi connectivity index (χ0n) is 11.4. The average molecular weight is 253 g/mol. The average Bonchev–Trinajstić information content (AvgIpc) is 3.11. The number of fused-ring (bicyclic) bond motifs is 1. The molecule has 0 aliphatic heterocycles. The molecule has 0 radical (unpaired) electrons. The van der Waals surface area contributed by atoms with Crippen LogP contribution in [0.2, 0.25) is 0 Å². The summed E-state index contributed by atoms with van der Waals surface area (Å²) in [6, 6.07) is 8.67. The van der Waals surface area contributed by atoms with Gasteiger partial charge in [-0.3, -0.25) is 0 Å². The summed E-state index contributed by atoms with van der Waals surface area (Å²) in [6.07, 6.45) is 3.37. The summed E-state index contributed by atoms with van der Waals surface area (Å²) in [5.74, 6) is 1.36.